The molecule has 0 aliphatic rings. The molecule has 0 radical (unpaired) electrons. The molecule has 3 rings (SSSR count). The number of hydrogen-bond donors (Lipinski definition) is 1. The number of halogens is 1. The van der Waals surface area contributed by atoms with Gasteiger partial charge in [0.2, 0.25) is 0 Å². The average Bonchev–Trinajstić information content (AvgIpc) is 2.90. The van der Waals surface area contributed by atoms with E-state index in [4.69, 9.17) is 16.3 Å². The third-order valence-corrected chi connectivity index (χ3v) is 4.48. The lowest BCUT2D eigenvalue weighted by Crippen LogP contribution is -2.08. The van der Waals surface area contributed by atoms with Gasteiger partial charge in [-0.15, -0.1) is 0 Å². The van der Waals surface area contributed by atoms with Crippen molar-refractivity contribution in [3.63, 3.8) is 0 Å². The molecule has 0 aliphatic heterocycles. The van der Waals surface area contributed by atoms with Gasteiger partial charge >= 0.3 is 0 Å². The minimum atomic E-state index is -1.50. The Morgan fingerprint density at radius 3 is 2.77 bits per heavy atom. The molecule has 0 saturated heterocycles. The number of rotatable bonds is 4. The van der Waals surface area contributed by atoms with Crippen molar-refractivity contribution in [2.75, 3.05) is 11.8 Å². The van der Waals surface area contributed by atoms with Gasteiger partial charge in [-0.3, -0.25) is 9.40 Å². The fraction of sp³-hybridized carbons (Fsp3) is 0.143. The maximum atomic E-state index is 12.5. The second-order valence-electron chi connectivity index (χ2n) is 4.54. The zero-order valence-electron chi connectivity index (χ0n) is 11.9. The van der Waals surface area contributed by atoms with Gasteiger partial charge in [0.25, 0.3) is 0 Å². The Kier molecular flexibility index (Phi) is 4.00. The van der Waals surface area contributed by atoms with Crippen molar-refractivity contribution in [2.24, 2.45) is 7.05 Å². The van der Waals surface area contributed by atoms with Crippen LogP contribution in [0.4, 0.5) is 5.69 Å². The number of hydrogen-bond acceptors (Lipinski definition) is 4. The second kappa shape index (κ2) is 5.94. The van der Waals surface area contributed by atoms with Crippen LogP contribution >= 0.6 is 11.6 Å². The van der Waals surface area contributed by atoms with Crippen LogP contribution in [0.15, 0.2) is 41.6 Å². The van der Waals surface area contributed by atoms with Gasteiger partial charge in [-0.1, -0.05) is 11.6 Å². The molecule has 0 amide bonds. The first-order valence-corrected chi connectivity index (χ1v) is 7.91. The van der Waals surface area contributed by atoms with Gasteiger partial charge in [0.15, 0.2) is 11.0 Å². The monoisotopic (exact) mass is 336 g/mol. The van der Waals surface area contributed by atoms with Gasteiger partial charge in [0, 0.05) is 18.6 Å². The summed E-state index contributed by atoms with van der Waals surface area (Å²) in [7, 11) is 1.89. The standard InChI is InChI=1S/C14H13ClN4O2S/c1-19-14-9(7-17-19)3-5-11(21-2)13(14)18-22(20)10-4-6-12(15)16-8-10/h3-8,18H,1-2H3. The van der Waals surface area contributed by atoms with Crippen molar-refractivity contribution in [1.82, 2.24) is 14.8 Å². The number of aromatic nitrogens is 3. The van der Waals surface area contributed by atoms with E-state index < -0.39 is 11.0 Å². The van der Waals surface area contributed by atoms with Crippen LogP contribution in [0.1, 0.15) is 0 Å². The Morgan fingerprint density at radius 2 is 2.09 bits per heavy atom. The summed E-state index contributed by atoms with van der Waals surface area (Å²) < 4.78 is 22.5. The Labute approximate surface area is 134 Å². The maximum Gasteiger partial charge on any atom is 0.152 e. The highest BCUT2D eigenvalue weighted by Crippen LogP contribution is 2.33. The molecule has 3 aromatic rings. The minimum absolute atomic E-state index is 0.354. The van der Waals surface area contributed by atoms with Crippen LogP contribution in [0.25, 0.3) is 10.9 Å². The predicted molar refractivity (Wildman–Crippen MR) is 86.5 cm³/mol. The van der Waals surface area contributed by atoms with E-state index in [1.54, 1.807) is 30.1 Å². The number of pyridine rings is 1. The van der Waals surface area contributed by atoms with E-state index in [1.165, 1.54) is 6.20 Å². The molecule has 2 aromatic heterocycles. The molecule has 8 heteroatoms. The Bertz CT molecular complexity index is 848. The first-order chi connectivity index (χ1) is 10.6. The normalized spacial score (nSPS) is 12.3. The zero-order chi connectivity index (χ0) is 15.7. The molecule has 0 spiro atoms. The van der Waals surface area contributed by atoms with Crippen molar-refractivity contribution < 1.29 is 8.95 Å². The molecule has 1 unspecified atom stereocenters. The maximum absolute atomic E-state index is 12.5. The van der Waals surface area contributed by atoms with Crippen molar-refractivity contribution in [2.45, 2.75) is 4.90 Å². The molecule has 2 heterocycles. The van der Waals surface area contributed by atoms with E-state index in [-0.39, 0.29) is 0 Å². The molecule has 114 valence electrons. The van der Waals surface area contributed by atoms with E-state index in [2.05, 4.69) is 14.8 Å². The number of aryl methyl sites for hydroxylation is 1. The van der Waals surface area contributed by atoms with E-state index in [1.807, 2.05) is 19.2 Å². The van der Waals surface area contributed by atoms with Gasteiger partial charge < -0.3 is 4.74 Å². The van der Waals surface area contributed by atoms with E-state index >= 15 is 0 Å². The molecule has 1 atom stereocenters. The highest BCUT2D eigenvalue weighted by Gasteiger charge is 2.15. The largest absolute Gasteiger partial charge is 0.494 e. The second-order valence-corrected chi connectivity index (χ2v) is 6.14. The molecule has 22 heavy (non-hydrogen) atoms. The van der Waals surface area contributed by atoms with Crippen LogP contribution in [-0.4, -0.2) is 26.1 Å². The van der Waals surface area contributed by atoms with E-state index in [0.29, 0.717) is 21.5 Å². The summed E-state index contributed by atoms with van der Waals surface area (Å²) in [5.74, 6) is 0.589. The summed E-state index contributed by atoms with van der Waals surface area (Å²) in [6.07, 6.45) is 3.22. The summed E-state index contributed by atoms with van der Waals surface area (Å²) >= 11 is 5.75. The van der Waals surface area contributed by atoms with Crippen molar-refractivity contribution in [3.8, 4) is 5.75 Å². The van der Waals surface area contributed by atoms with Crippen LogP contribution in [0.3, 0.4) is 0 Å². The van der Waals surface area contributed by atoms with Crippen LogP contribution in [0.5, 0.6) is 5.75 Å². The summed E-state index contributed by atoms with van der Waals surface area (Å²) in [5.41, 5.74) is 1.43. The van der Waals surface area contributed by atoms with Crippen LogP contribution in [0, 0.1) is 0 Å². The number of nitrogens with zero attached hydrogens (tertiary/aromatic N) is 3. The summed E-state index contributed by atoms with van der Waals surface area (Å²) in [5, 5.41) is 5.50. The fourth-order valence-corrected chi connectivity index (χ4v) is 3.09. The van der Waals surface area contributed by atoms with Gasteiger partial charge in [0.1, 0.15) is 16.6 Å². The Morgan fingerprint density at radius 1 is 1.27 bits per heavy atom. The van der Waals surface area contributed by atoms with Crippen molar-refractivity contribution in [1.29, 1.82) is 0 Å². The number of nitrogens with one attached hydrogen (secondary N) is 1. The molecular weight excluding hydrogens is 324 g/mol. The summed E-state index contributed by atoms with van der Waals surface area (Å²) in [6, 6.07) is 6.97. The van der Waals surface area contributed by atoms with Crippen LogP contribution in [-0.2, 0) is 18.0 Å². The average molecular weight is 337 g/mol. The third-order valence-electron chi connectivity index (χ3n) is 3.19. The van der Waals surface area contributed by atoms with Gasteiger partial charge in [0.05, 0.1) is 23.7 Å². The molecule has 6 nitrogen and oxygen atoms in total. The summed E-state index contributed by atoms with van der Waals surface area (Å²) in [6.45, 7) is 0. The highest BCUT2D eigenvalue weighted by molar-refractivity contribution is 7.86. The van der Waals surface area contributed by atoms with Crippen molar-refractivity contribution >= 4 is 39.2 Å². The molecule has 1 N–H and O–H groups in total. The fourth-order valence-electron chi connectivity index (χ4n) is 2.14. The molecule has 0 saturated carbocycles. The number of fused-ring (bicyclic) bond motifs is 1. The van der Waals surface area contributed by atoms with Crippen LogP contribution in [0.2, 0.25) is 5.15 Å². The molecule has 0 fully saturated rings. The first kappa shape index (κ1) is 14.8. The van der Waals surface area contributed by atoms with Gasteiger partial charge in [-0.2, -0.15) is 5.10 Å². The lowest BCUT2D eigenvalue weighted by atomic mass is 10.2. The van der Waals surface area contributed by atoms with Gasteiger partial charge in [-0.25, -0.2) is 9.19 Å². The molecular formula is C14H13ClN4O2S. The smallest absolute Gasteiger partial charge is 0.152 e. The zero-order valence-corrected chi connectivity index (χ0v) is 13.5. The first-order valence-electron chi connectivity index (χ1n) is 6.39. The lowest BCUT2D eigenvalue weighted by molar-refractivity contribution is 0.417. The Hall–Kier alpha value is -2.12. The quantitative estimate of drug-likeness (QED) is 0.744. The minimum Gasteiger partial charge on any atom is -0.494 e. The van der Waals surface area contributed by atoms with E-state index in [9.17, 15) is 4.21 Å². The SMILES string of the molecule is COc1ccc2cnn(C)c2c1NS(=O)c1ccc(Cl)nc1. The Balaban J connectivity index is 2.04. The topological polar surface area (TPSA) is 69.0 Å². The summed E-state index contributed by atoms with van der Waals surface area (Å²) in [4.78, 5) is 4.46. The number of anilines is 1. The predicted octanol–water partition coefficient (Wildman–Crippen LogP) is 2.77. The highest BCUT2D eigenvalue weighted by atomic mass is 35.5. The number of ether oxygens (including phenoxy) is 1. The van der Waals surface area contributed by atoms with E-state index in [0.717, 1.165) is 10.9 Å². The number of methoxy groups -OCH3 is 1. The number of benzene rings is 1. The molecule has 0 bridgehead atoms. The molecule has 1 aromatic carbocycles. The third kappa shape index (κ3) is 2.65. The van der Waals surface area contributed by atoms with Crippen molar-refractivity contribution in [3.05, 3.63) is 41.8 Å². The molecule has 0 aliphatic carbocycles. The van der Waals surface area contributed by atoms with Crippen LogP contribution < -0.4 is 9.46 Å². The van der Waals surface area contributed by atoms with Gasteiger partial charge in [-0.05, 0) is 24.3 Å². The lowest BCUT2D eigenvalue weighted by Gasteiger charge is -2.12.